The molecule has 14 nitrogen and oxygen atoms in total. The minimum absolute atomic E-state index is 0.128. The van der Waals surface area contributed by atoms with E-state index in [1.807, 2.05) is 98.8 Å². The van der Waals surface area contributed by atoms with Crippen LogP contribution in [0.25, 0.3) is 34.0 Å². The second kappa shape index (κ2) is 15.2. The standard InChI is InChI=1S/C36H34N8O6/c1-21-27(11-5-13-29(21)33-41-43-35(49-33)39-25-9-3-7-23(15-25)17-37-19-31(45)46)28-12-6-14-30(22(28)2)34-42-44-36(50-34)40-26-10-4-8-24(16-26)18-38-20-32(47)48/h3-16,37-38H,17-20H2,1-2H3,(H,39,43)(H,40,44)(H,45,46)(H,47,48). The second-order valence-corrected chi connectivity index (χ2v) is 11.4. The molecule has 6 N–H and O–H groups in total. The maximum absolute atomic E-state index is 10.8. The van der Waals surface area contributed by atoms with Crippen molar-refractivity contribution in [2.75, 3.05) is 23.7 Å². The number of aliphatic carboxylic acids is 2. The van der Waals surface area contributed by atoms with Gasteiger partial charge in [0, 0.05) is 35.6 Å². The van der Waals surface area contributed by atoms with Gasteiger partial charge in [-0.3, -0.25) is 9.59 Å². The van der Waals surface area contributed by atoms with Crippen molar-refractivity contribution in [2.45, 2.75) is 26.9 Å². The molecule has 0 bridgehead atoms. The average Bonchev–Trinajstić information content (AvgIpc) is 3.75. The fourth-order valence-electron chi connectivity index (χ4n) is 5.48. The van der Waals surface area contributed by atoms with E-state index in [2.05, 4.69) is 41.7 Å². The zero-order valence-electron chi connectivity index (χ0n) is 27.2. The van der Waals surface area contributed by atoms with Gasteiger partial charge in [-0.15, -0.1) is 10.2 Å². The molecule has 2 aromatic heterocycles. The molecule has 14 heteroatoms. The molecule has 50 heavy (non-hydrogen) atoms. The molecule has 0 amide bonds. The zero-order chi connectivity index (χ0) is 35.0. The number of anilines is 4. The van der Waals surface area contributed by atoms with Gasteiger partial charge in [-0.2, -0.15) is 0 Å². The van der Waals surface area contributed by atoms with Crippen LogP contribution in [0.3, 0.4) is 0 Å². The molecule has 2 heterocycles. The summed E-state index contributed by atoms with van der Waals surface area (Å²) in [5.74, 6) is -1.12. The molecule has 4 aromatic carbocycles. The fraction of sp³-hybridized carbons (Fsp3) is 0.167. The molecule has 6 aromatic rings. The van der Waals surface area contributed by atoms with E-state index in [1.165, 1.54) is 0 Å². The van der Waals surface area contributed by atoms with E-state index in [4.69, 9.17) is 19.0 Å². The normalized spacial score (nSPS) is 11.0. The molecule has 0 saturated heterocycles. The van der Waals surface area contributed by atoms with E-state index in [0.29, 0.717) is 24.9 Å². The van der Waals surface area contributed by atoms with Gasteiger partial charge in [-0.25, -0.2) is 0 Å². The molecule has 0 unspecified atom stereocenters. The van der Waals surface area contributed by atoms with E-state index in [-0.39, 0.29) is 25.1 Å². The van der Waals surface area contributed by atoms with Crippen LogP contribution >= 0.6 is 0 Å². The van der Waals surface area contributed by atoms with Crippen molar-refractivity contribution in [1.29, 1.82) is 0 Å². The summed E-state index contributed by atoms with van der Waals surface area (Å²) in [6, 6.07) is 27.2. The van der Waals surface area contributed by atoms with Gasteiger partial charge < -0.3 is 40.3 Å². The highest BCUT2D eigenvalue weighted by atomic mass is 16.4. The van der Waals surface area contributed by atoms with Gasteiger partial charge in [0.05, 0.1) is 13.1 Å². The van der Waals surface area contributed by atoms with E-state index in [0.717, 1.165) is 55.9 Å². The quantitative estimate of drug-likeness (QED) is 0.0751. The van der Waals surface area contributed by atoms with Gasteiger partial charge in [-0.1, -0.05) is 58.7 Å². The van der Waals surface area contributed by atoms with Crippen LogP contribution in [0.5, 0.6) is 0 Å². The summed E-state index contributed by atoms with van der Waals surface area (Å²) in [7, 11) is 0. The highest BCUT2D eigenvalue weighted by Crippen LogP contribution is 2.37. The minimum atomic E-state index is -0.917. The third-order valence-corrected chi connectivity index (χ3v) is 7.84. The Morgan fingerprint density at radius 2 is 0.980 bits per heavy atom. The third-order valence-electron chi connectivity index (χ3n) is 7.84. The Bertz CT molecular complexity index is 1990. The Morgan fingerprint density at radius 1 is 0.580 bits per heavy atom. The smallest absolute Gasteiger partial charge is 0.320 e. The first-order valence-electron chi connectivity index (χ1n) is 15.7. The highest BCUT2D eigenvalue weighted by Gasteiger charge is 2.18. The van der Waals surface area contributed by atoms with Crippen LogP contribution in [0.2, 0.25) is 0 Å². The molecular formula is C36H34N8O6. The Labute approximate surface area is 286 Å². The summed E-state index contributed by atoms with van der Waals surface area (Å²) < 4.78 is 12.0. The highest BCUT2D eigenvalue weighted by molar-refractivity contribution is 5.81. The summed E-state index contributed by atoms with van der Waals surface area (Å²) in [5, 5.41) is 46.7. The number of carboxylic acids is 2. The zero-order valence-corrected chi connectivity index (χ0v) is 27.2. The third kappa shape index (κ3) is 8.18. The molecule has 0 atom stereocenters. The van der Waals surface area contributed by atoms with Crippen LogP contribution in [0, 0.1) is 13.8 Å². The van der Waals surface area contributed by atoms with Gasteiger partial charge in [0.1, 0.15) is 0 Å². The second-order valence-electron chi connectivity index (χ2n) is 11.4. The number of benzene rings is 4. The van der Waals surface area contributed by atoms with Gasteiger partial charge in [0.2, 0.25) is 11.8 Å². The first-order chi connectivity index (χ1) is 24.2. The van der Waals surface area contributed by atoms with Crippen LogP contribution in [-0.4, -0.2) is 55.6 Å². The Kier molecular flexibility index (Phi) is 10.2. The van der Waals surface area contributed by atoms with Gasteiger partial charge >= 0.3 is 24.0 Å². The van der Waals surface area contributed by atoms with Crippen LogP contribution in [-0.2, 0) is 22.7 Å². The van der Waals surface area contributed by atoms with Crippen LogP contribution in [0.1, 0.15) is 22.3 Å². The van der Waals surface area contributed by atoms with Crippen molar-refractivity contribution in [3.05, 3.63) is 107 Å². The Hall–Kier alpha value is -6.38. The maximum Gasteiger partial charge on any atom is 0.320 e. The number of aromatic nitrogens is 4. The molecule has 0 fully saturated rings. The topological polar surface area (TPSA) is 201 Å². The maximum atomic E-state index is 10.8. The lowest BCUT2D eigenvalue weighted by Gasteiger charge is -2.13. The number of nitrogens with one attached hydrogen (secondary N) is 4. The average molecular weight is 675 g/mol. The number of rotatable bonds is 15. The van der Waals surface area contributed by atoms with Crippen LogP contribution < -0.4 is 21.3 Å². The van der Waals surface area contributed by atoms with E-state index in [9.17, 15) is 9.59 Å². The van der Waals surface area contributed by atoms with Gasteiger partial charge in [0.15, 0.2) is 0 Å². The summed E-state index contributed by atoms with van der Waals surface area (Å²) in [4.78, 5) is 21.6. The monoisotopic (exact) mass is 674 g/mol. The lowest BCUT2D eigenvalue weighted by Crippen LogP contribution is -2.21. The summed E-state index contributed by atoms with van der Waals surface area (Å²) in [5.41, 5.74) is 8.66. The molecule has 6 rings (SSSR count). The van der Waals surface area contributed by atoms with Crippen molar-refractivity contribution in [1.82, 2.24) is 31.0 Å². The molecule has 0 spiro atoms. The number of nitrogens with zero attached hydrogens (tertiary/aromatic N) is 4. The molecular weight excluding hydrogens is 640 g/mol. The molecule has 0 saturated carbocycles. The Balaban J connectivity index is 1.17. The predicted molar refractivity (Wildman–Crippen MR) is 186 cm³/mol. The predicted octanol–water partition coefficient (Wildman–Crippen LogP) is 5.91. The number of carboxylic acid groups (broad SMARTS) is 2. The van der Waals surface area contributed by atoms with Crippen LogP contribution in [0.4, 0.5) is 23.4 Å². The van der Waals surface area contributed by atoms with Gasteiger partial charge in [-0.05, 0) is 83.6 Å². The molecule has 0 radical (unpaired) electrons. The summed E-state index contributed by atoms with van der Waals surface area (Å²) in [6.07, 6.45) is 0. The molecule has 0 aliphatic heterocycles. The van der Waals surface area contributed by atoms with E-state index < -0.39 is 11.9 Å². The van der Waals surface area contributed by atoms with Crippen LogP contribution in [0.15, 0.2) is 93.8 Å². The minimum Gasteiger partial charge on any atom is -0.480 e. The fourth-order valence-corrected chi connectivity index (χ4v) is 5.48. The molecule has 0 aliphatic carbocycles. The lowest BCUT2D eigenvalue weighted by atomic mass is 9.91. The molecule has 254 valence electrons. The Morgan fingerprint density at radius 3 is 1.40 bits per heavy atom. The van der Waals surface area contributed by atoms with Crippen molar-refractivity contribution in [3.8, 4) is 34.0 Å². The molecule has 0 aliphatic rings. The largest absolute Gasteiger partial charge is 0.480 e. The summed E-state index contributed by atoms with van der Waals surface area (Å²) >= 11 is 0. The van der Waals surface area contributed by atoms with Crippen molar-refractivity contribution in [3.63, 3.8) is 0 Å². The number of hydrogen-bond acceptors (Lipinski definition) is 12. The number of carbonyl (C=O) groups is 2. The van der Waals surface area contributed by atoms with Crippen molar-refractivity contribution in [2.24, 2.45) is 0 Å². The van der Waals surface area contributed by atoms with E-state index >= 15 is 0 Å². The van der Waals surface area contributed by atoms with Gasteiger partial charge in [0.25, 0.3) is 0 Å². The number of hydrogen-bond donors (Lipinski definition) is 6. The SMILES string of the molecule is Cc1c(-c2nnc(Nc3cccc(CNCC(=O)O)c3)o2)cccc1-c1cccc(-c2nnc(Nc3cccc(CNCC(=O)O)c3)o2)c1C. The first-order valence-corrected chi connectivity index (χ1v) is 15.7. The summed E-state index contributed by atoms with van der Waals surface area (Å²) in [6.45, 7) is 4.55. The lowest BCUT2D eigenvalue weighted by molar-refractivity contribution is -0.137. The van der Waals surface area contributed by atoms with Crippen molar-refractivity contribution >= 4 is 35.3 Å². The van der Waals surface area contributed by atoms with E-state index in [1.54, 1.807) is 0 Å². The van der Waals surface area contributed by atoms with Crippen molar-refractivity contribution < 1.29 is 28.6 Å². The first kappa shape index (κ1) is 33.5.